The Morgan fingerprint density at radius 3 is 1.18 bits per heavy atom. The van der Waals surface area contributed by atoms with E-state index in [0.717, 1.165) is 6.42 Å². The first kappa shape index (κ1) is 21.9. The fraction of sp³-hybridized carbons (Fsp3) is 1.00. The summed E-state index contributed by atoms with van der Waals surface area (Å²) in [5, 5.41) is 19.9. The third-order valence-electron chi connectivity index (χ3n) is 4.36. The van der Waals surface area contributed by atoms with E-state index in [4.69, 9.17) is 10.2 Å². The zero-order chi connectivity index (χ0) is 16.3. The van der Waals surface area contributed by atoms with Crippen molar-refractivity contribution >= 4 is 0 Å². The van der Waals surface area contributed by atoms with Gasteiger partial charge in [-0.05, 0) is 13.0 Å². The average molecular weight is 316 g/mol. The van der Waals surface area contributed by atoms with Crippen molar-refractivity contribution in [2.24, 2.45) is 0 Å². The molecule has 0 atom stereocenters. The predicted octanol–water partition coefficient (Wildman–Crippen LogP) is 5.11. The molecule has 0 aromatic rings. The molecule has 0 saturated heterocycles. The zero-order valence-corrected chi connectivity index (χ0v) is 15.0. The van der Waals surface area contributed by atoms with Crippen LogP contribution in [0.1, 0.15) is 110 Å². The maximum atomic E-state index is 8.62. The molecule has 0 aliphatic rings. The van der Waals surface area contributed by atoms with Gasteiger partial charge in [0.2, 0.25) is 6.41 Å². The minimum absolute atomic E-state index is 0.704. The van der Waals surface area contributed by atoms with E-state index < -0.39 is 6.41 Å². The molecule has 0 unspecified atom stereocenters. The highest BCUT2D eigenvalue weighted by Crippen LogP contribution is 2.13. The molecule has 0 saturated carbocycles. The minimum atomic E-state index is -1.35. The van der Waals surface area contributed by atoms with Gasteiger partial charge in [0.15, 0.2) is 0 Å². The molecular weight excluding hydrogens is 274 g/mol. The highest BCUT2D eigenvalue weighted by molar-refractivity contribution is 4.50. The van der Waals surface area contributed by atoms with Gasteiger partial charge in [-0.25, -0.2) is 0 Å². The molecule has 3 N–H and O–H groups in total. The predicted molar refractivity (Wildman–Crippen MR) is 95.8 cm³/mol. The first-order valence-electron chi connectivity index (χ1n) is 9.87. The van der Waals surface area contributed by atoms with Crippen LogP contribution in [0.3, 0.4) is 0 Å². The van der Waals surface area contributed by atoms with Gasteiger partial charge in [0.25, 0.3) is 0 Å². The molecule has 134 valence electrons. The first-order chi connectivity index (χ1) is 10.8. The van der Waals surface area contributed by atoms with Crippen molar-refractivity contribution in [2.75, 3.05) is 6.54 Å². The summed E-state index contributed by atoms with van der Waals surface area (Å²) in [6, 6.07) is 0. The number of hydrogen-bond acceptors (Lipinski definition) is 3. The maximum absolute atomic E-state index is 8.62. The van der Waals surface area contributed by atoms with Crippen LogP contribution in [0.2, 0.25) is 0 Å². The van der Waals surface area contributed by atoms with E-state index in [1.54, 1.807) is 0 Å². The number of nitrogens with one attached hydrogen (secondary N) is 1. The Balaban J connectivity index is 2.94. The number of aliphatic hydroxyl groups excluding tert-OH is 1. The van der Waals surface area contributed by atoms with E-state index in [2.05, 4.69) is 12.2 Å². The number of aliphatic hydroxyl groups is 2. The lowest BCUT2D eigenvalue weighted by Crippen LogP contribution is -2.28. The van der Waals surface area contributed by atoms with Crippen LogP contribution in [0.25, 0.3) is 0 Å². The van der Waals surface area contributed by atoms with Crippen molar-refractivity contribution in [1.29, 1.82) is 0 Å². The molecule has 0 aliphatic heterocycles. The van der Waals surface area contributed by atoms with Crippen molar-refractivity contribution in [2.45, 2.75) is 116 Å². The van der Waals surface area contributed by atoms with Crippen LogP contribution in [0.15, 0.2) is 0 Å². The molecule has 0 radical (unpaired) electrons. The monoisotopic (exact) mass is 315 g/mol. The topological polar surface area (TPSA) is 52.5 Å². The smallest absolute Gasteiger partial charge is 0.210 e. The second kappa shape index (κ2) is 18.9. The molecule has 0 spiro atoms. The van der Waals surface area contributed by atoms with Gasteiger partial charge in [0, 0.05) is 0 Å². The van der Waals surface area contributed by atoms with Crippen LogP contribution < -0.4 is 5.32 Å². The molecular formula is C19H41NO2. The van der Waals surface area contributed by atoms with Gasteiger partial charge >= 0.3 is 0 Å². The lowest BCUT2D eigenvalue weighted by atomic mass is 10.0. The van der Waals surface area contributed by atoms with E-state index in [0.29, 0.717) is 6.54 Å². The Morgan fingerprint density at radius 1 is 0.545 bits per heavy atom. The highest BCUT2D eigenvalue weighted by Gasteiger charge is 1.96. The lowest BCUT2D eigenvalue weighted by Gasteiger charge is -2.06. The molecule has 3 nitrogen and oxygen atoms in total. The van der Waals surface area contributed by atoms with Crippen molar-refractivity contribution in [1.82, 2.24) is 5.32 Å². The van der Waals surface area contributed by atoms with E-state index in [1.807, 2.05) is 0 Å². The van der Waals surface area contributed by atoms with E-state index in [9.17, 15) is 0 Å². The number of hydrogen-bond donors (Lipinski definition) is 3. The minimum Gasteiger partial charge on any atom is -0.356 e. The average Bonchev–Trinajstić information content (AvgIpc) is 2.50. The summed E-state index contributed by atoms with van der Waals surface area (Å²) >= 11 is 0. The summed E-state index contributed by atoms with van der Waals surface area (Å²) in [6.07, 6.45) is 20.5. The largest absolute Gasteiger partial charge is 0.356 e. The molecule has 0 heterocycles. The third kappa shape index (κ3) is 19.9. The summed E-state index contributed by atoms with van der Waals surface area (Å²) in [6.45, 7) is 2.98. The van der Waals surface area contributed by atoms with E-state index >= 15 is 0 Å². The third-order valence-corrected chi connectivity index (χ3v) is 4.36. The van der Waals surface area contributed by atoms with E-state index in [1.165, 1.54) is 96.3 Å². The fourth-order valence-corrected chi connectivity index (χ4v) is 2.90. The molecule has 22 heavy (non-hydrogen) atoms. The van der Waals surface area contributed by atoms with Crippen LogP contribution in [0.5, 0.6) is 0 Å². The quantitative estimate of drug-likeness (QED) is 0.243. The molecule has 0 amide bonds. The Hall–Kier alpha value is -0.120. The lowest BCUT2D eigenvalue weighted by molar-refractivity contribution is -0.0655. The van der Waals surface area contributed by atoms with Crippen LogP contribution >= 0.6 is 0 Å². The second-order valence-corrected chi connectivity index (χ2v) is 6.63. The molecule has 0 aliphatic carbocycles. The molecule has 0 fully saturated rings. The SMILES string of the molecule is CCCCCCCCCCCCCCCCCCNC(O)O. The van der Waals surface area contributed by atoms with Gasteiger partial charge in [-0.1, -0.05) is 103 Å². The van der Waals surface area contributed by atoms with Crippen molar-refractivity contribution in [3.05, 3.63) is 0 Å². The summed E-state index contributed by atoms with van der Waals surface area (Å²) in [7, 11) is 0. The van der Waals surface area contributed by atoms with Crippen molar-refractivity contribution < 1.29 is 10.2 Å². The van der Waals surface area contributed by atoms with Gasteiger partial charge in [-0.3, -0.25) is 5.32 Å². The molecule has 0 aromatic carbocycles. The van der Waals surface area contributed by atoms with Crippen LogP contribution in [-0.2, 0) is 0 Å². The Morgan fingerprint density at radius 2 is 0.864 bits per heavy atom. The molecule has 0 aromatic heterocycles. The van der Waals surface area contributed by atoms with Crippen molar-refractivity contribution in [3.8, 4) is 0 Å². The van der Waals surface area contributed by atoms with Crippen molar-refractivity contribution in [3.63, 3.8) is 0 Å². The Bertz CT molecular complexity index is 198. The van der Waals surface area contributed by atoms with Gasteiger partial charge < -0.3 is 10.2 Å². The summed E-state index contributed by atoms with van der Waals surface area (Å²) in [5.74, 6) is 0. The zero-order valence-electron chi connectivity index (χ0n) is 15.0. The molecule has 0 bridgehead atoms. The second-order valence-electron chi connectivity index (χ2n) is 6.63. The van der Waals surface area contributed by atoms with Gasteiger partial charge in [0.1, 0.15) is 0 Å². The van der Waals surface area contributed by atoms with Gasteiger partial charge in [-0.2, -0.15) is 0 Å². The Kier molecular flexibility index (Phi) is 18.8. The molecule has 0 rings (SSSR count). The normalized spacial score (nSPS) is 11.5. The molecule has 3 heteroatoms. The fourth-order valence-electron chi connectivity index (χ4n) is 2.90. The summed E-state index contributed by atoms with van der Waals surface area (Å²) in [5.41, 5.74) is 0. The summed E-state index contributed by atoms with van der Waals surface area (Å²) < 4.78 is 0. The highest BCUT2D eigenvalue weighted by atomic mass is 16.5. The van der Waals surface area contributed by atoms with E-state index in [-0.39, 0.29) is 0 Å². The standard InChI is InChI=1S/C19H41NO2/c1-2-3-4-5-6-7-8-9-10-11-12-13-14-15-16-17-18-20-19(21)22/h19-22H,2-18H2,1H3. The summed E-state index contributed by atoms with van der Waals surface area (Å²) in [4.78, 5) is 0. The van der Waals surface area contributed by atoms with Crippen LogP contribution in [0, 0.1) is 0 Å². The van der Waals surface area contributed by atoms with Crippen LogP contribution in [-0.4, -0.2) is 23.2 Å². The maximum Gasteiger partial charge on any atom is 0.210 e. The first-order valence-corrected chi connectivity index (χ1v) is 9.87. The number of rotatable bonds is 18. The van der Waals surface area contributed by atoms with Crippen LogP contribution in [0.4, 0.5) is 0 Å². The number of unbranched alkanes of at least 4 members (excludes halogenated alkanes) is 15. The Labute approximate surface area is 138 Å². The van der Waals surface area contributed by atoms with Gasteiger partial charge in [-0.15, -0.1) is 0 Å². The van der Waals surface area contributed by atoms with Gasteiger partial charge in [0.05, 0.1) is 0 Å².